The summed E-state index contributed by atoms with van der Waals surface area (Å²) in [5.41, 5.74) is 0. The molecule has 0 radical (unpaired) electrons. The van der Waals surface area contributed by atoms with Gasteiger partial charge in [-0.25, -0.2) is 0 Å². The van der Waals surface area contributed by atoms with Gasteiger partial charge in [0.25, 0.3) is 0 Å². The molecule has 2 aliphatic rings. The highest BCUT2D eigenvalue weighted by Gasteiger charge is 2.19. The van der Waals surface area contributed by atoms with Crippen LogP contribution in [0.25, 0.3) is 0 Å². The quantitative estimate of drug-likeness (QED) is 0.809. The molecule has 0 spiro atoms. The van der Waals surface area contributed by atoms with E-state index in [1.165, 1.54) is 38.1 Å². The SMILES string of the molecule is CCC1CN(CCOC2CCNCC2)CCS1. The third-order valence-electron chi connectivity index (χ3n) is 3.73. The zero-order chi connectivity index (χ0) is 11.9. The Hall–Kier alpha value is 0.230. The van der Waals surface area contributed by atoms with Crippen molar-refractivity contribution in [3.05, 3.63) is 0 Å². The van der Waals surface area contributed by atoms with Crippen LogP contribution in [0.4, 0.5) is 0 Å². The van der Waals surface area contributed by atoms with Gasteiger partial charge in [-0.05, 0) is 32.4 Å². The fraction of sp³-hybridized carbons (Fsp3) is 1.00. The molecule has 0 aliphatic carbocycles. The molecule has 0 aromatic carbocycles. The molecule has 0 bridgehead atoms. The average Bonchev–Trinajstić information content (AvgIpc) is 2.40. The van der Waals surface area contributed by atoms with Gasteiger partial charge in [0, 0.05) is 30.6 Å². The van der Waals surface area contributed by atoms with Crippen molar-refractivity contribution in [3.63, 3.8) is 0 Å². The van der Waals surface area contributed by atoms with E-state index < -0.39 is 0 Å². The molecule has 2 rings (SSSR count). The van der Waals surface area contributed by atoms with Crippen molar-refractivity contribution in [3.8, 4) is 0 Å². The zero-order valence-corrected chi connectivity index (χ0v) is 11.8. The second-order valence-corrected chi connectivity index (χ2v) is 6.43. The Labute approximate surface area is 110 Å². The lowest BCUT2D eigenvalue weighted by Crippen LogP contribution is -2.40. The summed E-state index contributed by atoms with van der Waals surface area (Å²) in [5, 5.41) is 4.22. The molecule has 0 saturated carbocycles. The fourth-order valence-electron chi connectivity index (χ4n) is 2.54. The highest BCUT2D eigenvalue weighted by molar-refractivity contribution is 8.00. The molecule has 2 heterocycles. The number of hydrogen-bond donors (Lipinski definition) is 1. The van der Waals surface area contributed by atoms with E-state index in [2.05, 4.69) is 28.9 Å². The summed E-state index contributed by atoms with van der Waals surface area (Å²) < 4.78 is 5.97. The van der Waals surface area contributed by atoms with E-state index in [1.54, 1.807) is 0 Å². The summed E-state index contributed by atoms with van der Waals surface area (Å²) in [6, 6.07) is 0. The summed E-state index contributed by atoms with van der Waals surface area (Å²) in [7, 11) is 0. The zero-order valence-electron chi connectivity index (χ0n) is 11.0. The van der Waals surface area contributed by atoms with Crippen molar-refractivity contribution in [2.45, 2.75) is 37.5 Å². The molecule has 0 amide bonds. The highest BCUT2D eigenvalue weighted by atomic mass is 32.2. The topological polar surface area (TPSA) is 24.5 Å². The summed E-state index contributed by atoms with van der Waals surface area (Å²) in [4.78, 5) is 2.58. The summed E-state index contributed by atoms with van der Waals surface area (Å²) in [6.07, 6.45) is 4.19. The number of piperidine rings is 1. The predicted molar refractivity (Wildman–Crippen MR) is 74.8 cm³/mol. The first kappa shape index (κ1) is 13.7. The normalized spacial score (nSPS) is 28.4. The molecular weight excluding hydrogens is 232 g/mol. The lowest BCUT2D eigenvalue weighted by Gasteiger charge is -2.32. The van der Waals surface area contributed by atoms with Crippen molar-refractivity contribution < 1.29 is 4.74 Å². The van der Waals surface area contributed by atoms with Gasteiger partial charge in [0.15, 0.2) is 0 Å². The van der Waals surface area contributed by atoms with E-state index in [9.17, 15) is 0 Å². The minimum absolute atomic E-state index is 0.511. The second-order valence-electron chi connectivity index (χ2n) is 5.02. The van der Waals surface area contributed by atoms with E-state index in [-0.39, 0.29) is 0 Å². The lowest BCUT2D eigenvalue weighted by atomic mass is 10.1. The van der Waals surface area contributed by atoms with Crippen LogP contribution in [0.1, 0.15) is 26.2 Å². The van der Waals surface area contributed by atoms with Crippen LogP contribution in [0.5, 0.6) is 0 Å². The van der Waals surface area contributed by atoms with Gasteiger partial charge in [0.1, 0.15) is 0 Å². The van der Waals surface area contributed by atoms with Crippen LogP contribution in [-0.2, 0) is 4.74 Å². The monoisotopic (exact) mass is 258 g/mol. The Morgan fingerprint density at radius 3 is 2.94 bits per heavy atom. The number of ether oxygens (including phenoxy) is 1. The van der Waals surface area contributed by atoms with Crippen LogP contribution in [0.2, 0.25) is 0 Å². The molecule has 3 nitrogen and oxygen atoms in total. The van der Waals surface area contributed by atoms with Crippen molar-refractivity contribution in [1.82, 2.24) is 10.2 Å². The predicted octanol–water partition coefficient (Wildman–Crippen LogP) is 1.58. The van der Waals surface area contributed by atoms with Crippen LogP contribution in [0, 0.1) is 0 Å². The molecule has 0 aromatic heterocycles. The maximum atomic E-state index is 5.97. The van der Waals surface area contributed by atoms with E-state index in [0.29, 0.717) is 6.10 Å². The first-order valence-corrected chi connectivity index (χ1v) is 8.09. The van der Waals surface area contributed by atoms with Gasteiger partial charge in [-0.15, -0.1) is 0 Å². The third-order valence-corrected chi connectivity index (χ3v) is 5.10. The minimum atomic E-state index is 0.511. The van der Waals surface area contributed by atoms with Gasteiger partial charge in [0.05, 0.1) is 12.7 Å². The van der Waals surface area contributed by atoms with Crippen LogP contribution in [0.3, 0.4) is 0 Å². The van der Waals surface area contributed by atoms with Gasteiger partial charge in [-0.3, -0.25) is 4.90 Å². The molecule has 1 unspecified atom stereocenters. The van der Waals surface area contributed by atoms with Crippen LogP contribution in [-0.4, -0.2) is 61.3 Å². The number of rotatable bonds is 5. The molecule has 2 fully saturated rings. The summed E-state index contributed by atoms with van der Waals surface area (Å²) in [5.74, 6) is 1.30. The van der Waals surface area contributed by atoms with E-state index in [4.69, 9.17) is 4.74 Å². The van der Waals surface area contributed by atoms with Crippen molar-refractivity contribution >= 4 is 11.8 Å². The smallest absolute Gasteiger partial charge is 0.0600 e. The third kappa shape index (κ3) is 4.78. The number of hydrogen-bond acceptors (Lipinski definition) is 4. The average molecular weight is 258 g/mol. The maximum Gasteiger partial charge on any atom is 0.0600 e. The lowest BCUT2D eigenvalue weighted by molar-refractivity contribution is 0.0205. The standard InChI is InChI=1S/C13H26N2OS/c1-2-13-11-15(8-10-17-13)7-9-16-12-3-5-14-6-4-12/h12-14H,2-11H2,1H3. The number of thioether (sulfide) groups is 1. The van der Waals surface area contributed by atoms with Crippen LogP contribution >= 0.6 is 11.8 Å². The van der Waals surface area contributed by atoms with Crippen molar-refractivity contribution in [2.75, 3.05) is 45.1 Å². The van der Waals surface area contributed by atoms with Gasteiger partial charge in [0.2, 0.25) is 0 Å². The summed E-state index contributed by atoms with van der Waals surface area (Å²) in [6.45, 7) is 9.11. The molecule has 2 aliphatic heterocycles. The Bertz CT molecular complexity index is 210. The van der Waals surface area contributed by atoms with Gasteiger partial charge < -0.3 is 10.1 Å². The fourth-order valence-corrected chi connectivity index (χ4v) is 3.79. The van der Waals surface area contributed by atoms with Gasteiger partial charge >= 0.3 is 0 Å². The van der Waals surface area contributed by atoms with E-state index in [1.807, 2.05) is 0 Å². The number of nitrogens with zero attached hydrogens (tertiary/aromatic N) is 1. The van der Waals surface area contributed by atoms with Gasteiger partial charge in [-0.2, -0.15) is 11.8 Å². The Morgan fingerprint density at radius 2 is 2.18 bits per heavy atom. The first-order chi connectivity index (χ1) is 8.38. The van der Waals surface area contributed by atoms with Crippen molar-refractivity contribution in [2.24, 2.45) is 0 Å². The molecule has 4 heteroatoms. The minimum Gasteiger partial charge on any atom is -0.377 e. The van der Waals surface area contributed by atoms with E-state index in [0.717, 1.165) is 31.5 Å². The molecule has 17 heavy (non-hydrogen) atoms. The molecule has 1 atom stereocenters. The molecular formula is C13H26N2OS. The largest absolute Gasteiger partial charge is 0.377 e. The van der Waals surface area contributed by atoms with Crippen molar-refractivity contribution in [1.29, 1.82) is 0 Å². The molecule has 0 aromatic rings. The number of nitrogens with one attached hydrogen (secondary N) is 1. The second kappa shape index (κ2) is 7.62. The summed E-state index contributed by atoms with van der Waals surface area (Å²) >= 11 is 2.14. The van der Waals surface area contributed by atoms with Gasteiger partial charge in [-0.1, -0.05) is 6.92 Å². The first-order valence-electron chi connectivity index (χ1n) is 7.04. The van der Waals surface area contributed by atoms with Crippen LogP contribution < -0.4 is 5.32 Å². The Morgan fingerprint density at radius 1 is 1.35 bits per heavy atom. The maximum absolute atomic E-state index is 5.97. The molecule has 2 saturated heterocycles. The van der Waals surface area contributed by atoms with Crippen LogP contribution in [0.15, 0.2) is 0 Å². The molecule has 1 N–H and O–H groups in total. The Balaban J connectivity index is 1.57. The van der Waals surface area contributed by atoms with E-state index >= 15 is 0 Å². The Kier molecular flexibility index (Phi) is 6.12. The molecule has 100 valence electrons. The highest BCUT2D eigenvalue weighted by Crippen LogP contribution is 2.20.